The molecule has 43 heavy (non-hydrogen) atoms. The van der Waals surface area contributed by atoms with E-state index in [0.717, 1.165) is 33.6 Å². The van der Waals surface area contributed by atoms with Gasteiger partial charge in [-0.25, -0.2) is 0 Å². The zero-order chi connectivity index (χ0) is 31.5. The Hall–Kier alpha value is -4.42. The third-order valence-corrected chi connectivity index (χ3v) is 6.98. The van der Waals surface area contributed by atoms with Crippen molar-refractivity contribution in [3.05, 3.63) is 93.8 Å². The number of carbonyl (C=O) groups excluding carboxylic acids is 2. The van der Waals surface area contributed by atoms with E-state index in [2.05, 4.69) is 20.1 Å². The van der Waals surface area contributed by atoms with Crippen LogP contribution in [-0.4, -0.2) is 33.5 Å². The van der Waals surface area contributed by atoms with E-state index in [-0.39, 0.29) is 28.6 Å². The Morgan fingerprint density at radius 1 is 0.698 bits per heavy atom. The van der Waals surface area contributed by atoms with Crippen LogP contribution >= 0.6 is 23.9 Å². The van der Waals surface area contributed by atoms with Crippen LogP contribution in [0.25, 0.3) is 22.3 Å². The van der Waals surface area contributed by atoms with Gasteiger partial charge in [0, 0.05) is 74.8 Å². The lowest BCUT2D eigenvalue weighted by Crippen LogP contribution is -2.23. The van der Waals surface area contributed by atoms with Crippen LogP contribution < -0.4 is 31.2 Å². The maximum atomic E-state index is 12.1. The van der Waals surface area contributed by atoms with Gasteiger partial charge >= 0.3 is 0 Å². The van der Waals surface area contributed by atoms with Gasteiger partial charge in [-0.2, -0.15) is 0 Å². The third kappa shape index (κ3) is 9.29. The van der Waals surface area contributed by atoms with Crippen molar-refractivity contribution in [1.82, 2.24) is 9.13 Å². The van der Waals surface area contributed by atoms with Crippen molar-refractivity contribution in [2.75, 3.05) is 32.6 Å². The highest BCUT2D eigenvalue weighted by Crippen LogP contribution is 2.26. The summed E-state index contributed by atoms with van der Waals surface area (Å²) in [6.07, 6.45) is 7.76. The van der Waals surface area contributed by atoms with Crippen LogP contribution in [0.5, 0.6) is 0 Å². The Bertz CT molecular complexity index is 1720. The lowest BCUT2D eigenvalue weighted by atomic mass is 10.1. The van der Waals surface area contributed by atoms with E-state index in [4.69, 9.17) is 0 Å². The molecule has 0 unspecified atom stereocenters. The predicted molar refractivity (Wildman–Crippen MR) is 182 cm³/mol. The first-order valence-electron chi connectivity index (χ1n) is 13.3. The molecule has 0 bridgehead atoms. The summed E-state index contributed by atoms with van der Waals surface area (Å²) in [5, 5.41) is 5.23. The van der Waals surface area contributed by atoms with Crippen molar-refractivity contribution in [2.45, 2.75) is 20.3 Å². The Labute approximate surface area is 259 Å². The van der Waals surface area contributed by atoms with Crippen LogP contribution in [0.4, 0.5) is 22.7 Å². The number of pyridine rings is 2. The second kappa shape index (κ2) is 15.7. The maximum absolute atomic E-state index is 12.1. The molecule has 2 heterocycles. The molecule has 4 aromatic rings. The van der Waals surface area contributed by atoms with Crippen LogP contribution in [0, 0.1) is 0 Å². The fraction of sp³-hybridized carbons (Fsp3) is 0.226. The molecule has 12 heteroatoms. The molecule has 4 N–H and O–H groups in total. The highest BCUT2D eigenvalue weighted by molar-refractivity contribution is 8.00. The number of rotatable bonds is 9. The molecule has 2 aromatic heterocycles. The standard InChI is InChI=1S/C16H19N3O2S.C15H17N3O2S/c1-4-15(20)17-14-9-12(10-19(2)16(14)21)11-6-5-7-13(8-11)18-22-3;1-10(19)16-14-8-12(9-18(2)15(14)20)11-5-4-6-13(7-11)17-21-3/h5-10,18H,4H2,1-3H3,(H,17,20);4-9,17H,1-3H3,(H,16,19). The molecule has 0 aliphatic rings. The maximum Gasteiger partial charge on any atom is 0.274 e. The summed E-state index contributed by atoms with van der Waals surface area (Å²) < 4.78 is 9.30. The van der Waals surface area contributed by atoms with Crippen LogP contribution in [0.15, 0.2) is 82.6 Å². The number of nitrogens with one attached hydrogen (secondary N) is 4. The number of aryl methyl sites for hydroxylation is 2. The van der Waals surface area contributed by atoms with Crippen molar-refractivity contribution in [3.63, 3.8) is 0 Å². The van der Waals surface area contributed by atoms with Crippen LogP contribution in [0.1, 0.15) is 20.3 Å². The van der Waals surface area contributed by atoms with Gasteiger partial charge in [0.15, 0.2) is 0 Å². The number of nitrogens with zero attached hydrogens (tertiary/aromatic N) is 2. The lowest BCUT2D eigenvalue weighted by molar-refractivity contribution is -0.116. The van der Waals surface area contributed by atoms with Gasteiger partial charge in [-0.15, -0.1) is 0 Å². The summed E-state index contributed by atoms with van der Waals surface area (Å²) in [7, 11) is 3.35. The van der Waals surface area contributed by atoms with Crippen molar-refractivity contribution in [3.8, 4) is 22.3 Å². The van der Waals surface area contributed by atoms with Crippen molar-refractivity contribution < 1.29 is 9.59 Å². The Morgan fingerprint density at radius 3 is 1.53 bits per heavy atom. The number of amides is 2. The molecule has 0 saturated heterocycles. The van der Waals surface area contributed by atoms with Crippen molar-refractivity contribution in [2.24, 2.45) is 14.1 Å². The molecule has 0 spiro atoms. The average molecular weight is 621 g/mol. The van der Waals surface area contributed by atoms with E-state index in [9.17, 15) is 19.2 Å². The van der Waals surface area contributed by atoms with Crippen LogP contribution in [0.3, 0.4) is 0 Å². The van der Waals surface area contributed by atoms with Gasteiger partial charge in [-0.1, -0.05) is 55.1 Å². The average Bonchev–Trinajstić information content (AvgIpc) is 2.98. The molecular weight excluding hydrogens is 585 g/mol. The molecule has 0 aliphatic carbocycles. The van der Waals surface area contributed by atoms with Gasteiger partial charge in [0.1, 0.15) is 11.4 Å². The Morgan fingerprint density at radius 2 is 1.14 bits per heavy atom. The molecule has 0 aliphatic heterocycles. The number of hydrogen-bond acceptors (Lipinski definition) is 8. The fourth-order valence-electron chi connectivity index (χ4n) is 4.11. The van der Waals surface area contributed by atoms with Gasteiger partial charge in [0.25, 0.3) is 11.1 Å². The Balaban J connectivity index is 0.000000236. The molecule has 226 valence electrons. The molecule has 2 amide bonds. The molecule has 0 saturated carbocycles. The van der Waals surface area contributed by atoms with E-state index >= 15 is 0 Å². The summed E-state index contributed by atoms with van der Waals surface area (Å²) in [6, 6.07) is 19.2. The third-order valence-electron chi connectivity index (χ3n) is 6.10. The Kier molecular flexibility index (Phi) is 12.1. The molecule has 4 rings (SSSR count). The SMILES string of the molecule is CCC(=O)Nc1cc(-c2cccc(NSC)c2)cn(C)c1=O.CSNc1cccc(-c2cc(NC(C)=O)c(=O)n(C)c2)c1. The molecule has 2 aromatic carbocycles. The number of benzene rings is 2. The second-order valence-electron chi connectivity index (χ2n) is 9.47. The predicted octanol–water partition coefficient (Wildman–Crippen LogP) is 5.79. The van der Waals surface area contributed by atoms with Gasteiger partial charge in [0.2, 0.25) is 11.8 Å². The van der Waals surface area contributed by atoms with Crippen LogP contribution in [-0.2, 0) is 23.7 Å². The zero-order valence-corrected chi connectivity index (χ0v) is 26.6. The van der Waals surface area contributed by atoms with E-state index in [1.807, 2.05) is 61.0 Å². The molecule has 0 fully saturated rings. The highest BCUT2D eigenvalue weighted by atomic mass is 32.2. The van der Waals surface area contributed by atoms with Gasteiger partial charge in [-0.3, -0.25) is 19.2 Å². The second-order valence-corrected chi connectivity index (χ2v) is 10.7. The van der Waals surface area contributed by atoms with E-state index < -0.39 is 0 Å². The summed E-state index contributed by atoms with van der Waals surface area (Å²) in [6.45, 7) is 3.14. The summed E-state index contributed by atoms with van der Waals surface area (Å²) in [5.74, 6) is -0.436. The first-order chi connectivity index (χ1) is 20.6. The number of hydrogen-bond donors (Lipinski definition) is 4. The molecular formula is C31H36N6O4S2. The lowest BCUT2D eigenvalue weighted by Gasteiger charge is -2.11. The van der Waals surface area contributed by atoms with Gasteiger partial charge in [0.05, 0.1) is 0 Å². The van der Waals surface area contributed by atoms with Gasteiger partial charge < -0.3 is 29.2 Å². The molecule has 0 atom stereocenters. The largest absolute Gasteiger partial charge is 0.330 e. The minimum Gasteiger partial charge on any atom is -0.330 e. The van der Waals surface area contributed by atoms with E-state index in [1.165, 1.54) is 40.0 Å². The van der Waals surface area contributed by atoms with Gasteiger partial charge in [-0.05, 0) is 47.5 Å². The first kappa shape index (κ1) is 33.1. The monoisotopic (exact) mass is 620 g/mol. The highest BCUT2D eigenvalue weighted by Gasteiger charge is 2.10. The first-order valence-corrected chi connectivity index (χ1v) is 15.8. The van der Waals surface area contributed by atoms with Crippen LogP contribution in [0.2, 0.25) is 0 Å². The number of anilines is 4. The number of aromatic nitrogens is 2. The summed E-state index contributed by atoms with van der Waals surface area (Å²) in [5.41, 5.74) is 5.78. The summed E-state index contributed by atoms with van der Waals surface area (Å²) >= 11 is 3.03. The zero-order valence-electron chi connectivity index (χ0n) is 25.0. The minimum atomic E-state index is -0.262. The topological polar surface area (TPSA) is 126 Å². The number of carbonyl (C=O) groups is 2. The van der Waals surface area contributed by atoms with E-state index in [0.29, 0.717) is 12.1 Å². The van der Waals surface area contributed by atoms with Crippen molar-refractivity contribution >= 4 is 58.5 Å². The fourth-order valence-corrected chi connectivity index (χ4v) is 4.83. The van der Waals surface area contributed by atoms with Crippen molar-refractivity contribution in [1.29, 1.82) is 0 Å². The minimum absolute atomic E-state index is 0.174. The quantitative estimate of drug-likeness (QED) is 0.173. The normalized spacial score (nSPS) is 10.3. The summed E-state index contributed by atoms with van der Waals surface area (Å²) in [4.78, 5) is 46.8. The molecule has 0 radical (unpaired) electrons. The van der Waals surface area contributed by atoms with E-state index in [1.54, 1.807) is 45.5 Å². The smallest absolute Gasteiger partial charge is 0.274 e. The molecule has 10 nitrogen and oxygen atoms in total.